The Hall–Kier alpha value is -3.15. The monoisotopic (exact) mass is 454 g/mol. The molecular weight excluding hydrogens is 420 g/mol. The number of rotatable bonds is 13. The number of Topliss-reactive ketones (excluding diaryl/α,β-unsaturated/α-hetero) is 1. The van der Waals surface area contributed by atoms with Crippen LogP contribution in [0.2, 0.25) is 0 Å². The summed E-state index contributed by atoms with van der Waals surface area (Å²) in [5, 5.41) is 20.2. The molecule has 178 valence electrons. The fourth-order valence-electron chi connectivity index (χ4n) is 3.79. The quantitative estimate of drug-likeness (QED) is 0.165. The van der Waals surface area contributed by atoms with Crippen LogP contribution in [0.25, 0.3) is 0 Å². The number of carbonyl (C=O) groups excluding carboxylic acids is 3. The molecule has 0 spiro atoms. The molecule has 0 aliphatic heterocycles. The number of fused-ring (bicyclic) bond motifs is 1. The molecule has 1 aromatic carbocycles. The number of phenols is 2. The average molecular weight is 455 g/mol. The van der Waals surface area contributed by atoms with Crippen LogP contribution in [-0.4, -0.2) is 33.9 Å². The third-order valence-corrected chi connectivity index (χ3v) is 5.58. The summed E-state index contributed by atoms with van der Waals surface area (Å²) in [6.07, 6.45) is 11.5. The van der Waals surface area contributed by atoms with Gasteiger partial charge in [-0.05, 0) is 51.3 Å². The summed E-state index contributed by atoms with van der Waals surface area (Å²) in [7, 11) is 0. The molecule has 1 unspecified atom stereocenters. The van der Waals surface area contributed by atoms with Gasteiger partial charge in [-0.3, -0.25) is 14.4 Å². The van der Waals surface area contributed by atoms with Crippen molar-refractivity contribution in [1.29, 1.82) is 0 Å². The van der Waals surface area contributed by atoms with E-state index in [1.54, 1.807) is 0 Å². The van der Waals surface area contributed by atoms with E-state index >= 15 is 0 Å². The van der Waals surface area contributed by atoms with Crippen molar-refractivity contribution in [3.63, 3.8) is 0 Å². The van der Waals surface area contributed by atoms with Gasteiger partial charge in [0.15, 0.2) is 11.6 Å². The second-order valence-corrected chi connectivity index (χ2v) is 8.59. The molecule has 0 bridgehead atoms. The average Bonchev–Trinajstić information content (AvgIpc) is 2.77. The van der Waals surface area contributed by atoms with E-state index < -0.39 is 29.4 Å². The van der Waals surface area contributed by atoms with E-state index in [0.717, 1.165) is 56.2 Å². The van der Waals surface area contributed by atoms with Crippen LogP contribution in [0.5, 0.6) is 11.5 Å². The van der Waals surface area contributed by atoms with Gasteiger partial charge in [0.25, 0.3) is 0 Å². The van der Waals surface area contributed by atoms with Gasteiger partial charge >= 0.3 is 5.97 Å². The Morgan fingerprint density at radius 1 is 1.00 bits per heavy atom. The molecule has 1 aliphatic rings. The number of hydrogen-bond acceptors (Lipinski definition) is 6. The Balaban J connectivity index is 2.06. The van der Waals surface area contributed by atoms with E-state index in [1.165, 1.54) is 6.07 Å². The normalized spacial score (nSPS) is 13.7. The Bertz CT molecular complexity index is 950. The number of hydrogen-bond donors (Lipinski definition) is 2. The van der Waals surface area contributed by atoms with Crippen molar-refractivity contribution in [1.82, 2.24) is 0 Å². The van der Waals surface area contributed by atoms with Crippen LogP contribution < -0.4 is 0 Å². The first-order valence-electron chi connectivity index (χ1n) is 11.6. The number of esters is 1. The highest BCUT2D eigenvalue weighted by atomic mass is 16.5. The van der Waals surface area contributed by atoms with E-state index in [4.69, 9.17) is 4.74 Å². The minimum Gasteiger partial charge on any atom is -0.507 e. The third-order valence-electron chi connectivity index (χ3n) is 5.58. The minimum atomic E-state index is -0.947. The zero-order chi connectivity index (χ0) is 24.4. The number of allylic oxidation sites excluding steroid dienone is 3. The standard InChI is InChI=1S/C27H34O6/c1-4-5-6-7-8-9-10-11-12-24(31)33-23(16-13-18(2)3)19-17-22(30)25-20(28)14-15-21(29)26(25)27(19)32/h4,13-15,17,23,28-29H,1,5-12,16H2,2-3H3. The highest BCUT2D eigenvalue weighted by molar-refractivity contribution is 6.27. The number of aromatic hydroxyl groups is 2. The lowest BCUT2D eigenvalue weighted by Gasteiger charge is -2.23. The summed E-state index contributed by atoms with van der Waals surface area (Å²) in [6.45, 7) is 7.48. The second kappa shape index (κ2) is 12.8. The fraction of sp³-hybridized carbons (Fsp3) is 0.444. The molecule has 0 heterocycles. The molecule has 0 saturated heterocycles. The lowest BCUT2D eigenvalue weighted by Crippen LogP contribution is -2.29. The SMILES string of the molecule is C=CCCCCCCCCC(=O)OC(CC=C(C)C)C1=CC(=O)c2c(O)ccc(O)c2C1=O. The molecule has 0 saturated carbocycles. The molecule has 1 aromatic rings. The van der Waals surface area contributed by atoms with Gasteiger partial charge in [-0.2, -0.15) is 0 Å². The number of carbonyl (C=O) groups is 3. The fourth-order valence-corrected chi connectivity index (χ4v) is 3.79. The molecule has 33 heavy (non-hydrogen) atoms. The summed E-state index contributed by atoms with van der Waals surface area (Å²) in [4.78, 5) is 38.2. The van der Waals surface area contributed by atoms with Crippen LogP contribution in [0.1, 0.15) is 92.4 Å². The van der Waals surface area contributed by atoms with Crippen LogP contribution in [-0.2, 0) is 9.53 Å². The van der Waals surface area contributed by atoms with Crippen molar-refractivity contribution in [3.8, 4) is 11.5 Å². The second-order valence-electron chi connectivity index (χ2n) is 8.59. The minimum absolute atomic E-state index is 0.00136. The predicted molar refractivity (Wildman–Crippen MR) is 128 cm³/mol. The van der Waals surface area contributed by atoms with Crippen LogP contribution in [0.4, 0.5) is 0 Å². The van der Waals surface area contributed by atoms with Crippen molar-refractivity contribution in [2.75, 3.05) is 0 Å². The van der Waals surface area contributed by atoms with Crippen molar-refractivity contribution in [2.45, 2.75) is 77.7 Å². The maximum atomic E-state index is 13.1. The van der Waals surface area contributed by atoms with Gasteiger partial charge < -0.3 is 14.9 Å². The van der Waals surface area contributed by atoms with Crippen molar-refractivity contribution in [2.24, 2.45) is 0 Å². The van der Waals surface area contributed by atoms with Gasteiger partial charge in [-0.1, -0.05) is 43.4 Å². The smallest absolute Gasteiger partial charge is 0.306 e. The van der Waals surface area contributed by atoms with Crippen LogP contribution in [0.15, 0.2) is 48.1 Å². The van der Waals surface area contributed by atoms with E-state index in [0.29, 0.717) is 6.42 Å². The molecule has 2 N–H and O–H groups in total. The summed E-state index contributed by atoms with van der Waals surface area (Å²) < 4.78 is 5.62. The topological polar surface area (TPSA) is 101 Å². The lowest BCUT2D eigenvalue weighted by atomic mass is 9.85. The molecule has 0 radical (unpaired) electrons. The first kappa shape index (κ1) is 26.1. The molecule has 0 fully saturated rings. The molecule has 1 aliphatic carbocycles. The number of benzene rings is 1. The Morgan fingerprint density at radius 2 is 1.61 bits per heavy atom. The van der Waals surface area contributed by atoms with Crippen molar-refractivity contribution in [3.05, 3.63) is 59.2 Å². The van der Waals surface area contributed by atoms with E-state index in [9.17, 15) is 24.6 Å². The van der Waals surface area contributed by atoms with Crippen LogP contribution in [0.3, 0.4) is 0 Å². The van der Waals surface area contributed by atoms with E-state index in [-0.39, 0.29) is 35.3 Å². The summed E-state index contributed by atoms with van der Waals surface area (Å²) in [5.74, 6) is -2.44. The molecule has 0 amide bonds. The van der Waals surface area contributed by atoms with Crippen molar-refractivity contribution >= 4 is 17.5 Å². The van der Waals surface area contributed by atoms with Gasteiger partial charge in [0, 0.05) is 18.4 Å². The zero-order valence-electron chi connectivity index (χ0n) is 19.6. The van der Waals surface area contributed by atoms with Crippen LogP contribution in [0, 0.1) is 0 Å². The highest BCUT2D eigenvalue weighted by Gasteiger charge is 2.35. The predicted octanol–water partition coefficient (Wildman–Crippen LogP) is 5.98. The largest absolute Gasteiger partial charge is 0.507 e. The number of ketones is 2. The lowest BCUT2D eigenvalue weighted by molar-refractivity contribution is -0.147. The number of unbranched alkanes of at least 4 members (excludes halogenated alkanes) is 6. The summed E-state index contributed by atoms with van der Waals surface area (Å²) in [5.41, 5.74) is 0.487. The zero-order valence-corrected chi connectivity index (χ0v) is 19.6. The molecule has 2 rings (SSSR count). The van der Waals surface area contributed by atoms with E-state index in [1.807, 2.05) is 26.0 Å². The van der Waals surface area contributed by atoms with Crippen LogP contribution >= 0.6 is 0 Å². The van der Waals surface area contributed by atoms with Gasteiger partial charge in [0.2, 0.25) is 0 Å². The molecule has 6 nitrogen and oxygen atoms in total. The van der Waals surface area contributed by atoms with Gasteiger partial charge in [-0.25, -0.2) is 0 Å². The summed E-state index contributed by atoms with van der Waals surface area (Å²) in [6, 6.07) is 2.33. The first-order valence-corrected chi connectivity index (χ1v) is 11.6. The first-order chi connectivity index (χ1) is 15.8. The highest BCUT2D eigenvalue weighted by Crippen LogP contribution is 2.36. The molecule has 1 atom stereocenters. The maximum absolute atomic E-state index is 13.1. The van der Waals surface area contributed by atoms with E-state index in [2.05, 4.69) is 6.58 Å². The Kier molecular flexibility index (Phi) is 10.1. The molecule has 0 aromatic heterocycles. The number of phenolic OH excluding ortho intramolecular Hbond substituents is 2. The Morgan fingerprint density at radius 3 is 2.24 bits per heavy atom. The van der Waals surface area contributed by atoms with Crippen molar-refractivity contribution < 1.29 is 29.3 Å². The molecular formula is C27H34O6. The van der Waals surface area contributed by atoms with Gasteiger partial charge in [-0.15, -0.1) is 6.58 Å². The van der Waals surface area contributed by atoms with Gasteiger partial charge in [0.1, 0.15) is 17.6 Å². The van der Waals surface area contributed by atoms with Gasteiger partial charge in [0.05, 0.1) is 11.1 Å². The number of ether oxygens (including phenoxy) is 1. The molecule has 6 heteroatoms. The maximum Gasteiger partial charge on any atom is 0.306 e. The Labute approximate surface area is 195 Å². The third kappa shape index (κ3) is 7.45. The summed E-state index contributed by atoms with van der Waals surface area (Å²) >= 11 is 0.